The van der Waals surface area contributed by atoms with Gasteiger partial charge in [-0.25, -0.2) is 0 Å². The van der Waals surface area contributed by atoms with Gasteiger partial charge >= 0.3 is 0 Å². The number of aliphatic hydroxyl groups is 1. The fourth-order valence-electron chi connectivity index (χ4n) is 1.54. The first-order valence-electron chi connectivity index (χ1n) is 5.74. The molecule has 0 atom stereocenters. The van der Waals surface area contributed by atoms with Crippen LogP contribution in [0.2, 0.25) is 0 Å². The summed E-state index contributed by atoms with van der Waals surface area (Å²) in [4.78, 5) is 11.9. The third kappa shape index (κ3) is 3.16. The van der Waals surface area contributed by atoms with Crippen LogP contribution in [0.15, 0.2) is 35.1 Å². The second-order valence-electron chi connectivity index (χ2n) is 3.71. The molecule has 0 aliphatic rings. The fourth-order valence-corrected chi connectivity index (χ4v) is 1.54. The lowest BCUT2D eigenvalue weighted by Crippen LogP contribution is -2.13. The molecule has 102 valence electrons. The SMILES string of the molecule is COc1ccc(C#CCO)cc1NC(=O)c1ccon1. The van der Waals surface area contributed by atoms with Crippen LogP contribution in [0.25, 0.3) is 0 Å². The van der Waals surface area contributed by atoms with E-state index >= 15 is 0 Å². The van der Waals surface area contributed by atoms with Crippen molar-refractivity contribution >= 4 is 11.6 Å². The molecule has 0 spiro atoms. The number of benzene rings is 1. The van der Waals surface area contributed by atoms with E-state index in [4.69, 9.17) is 9.84 Å². The number of rotatable bonds is 3. The topological polar surface area (TPSA) is 84.6 Å². The van der Waals surface area contributed by atoms with Gasteiger partial charge in [-0.3, -0.25) is 4.79 Å². The Morgan fingerprint density at radius 3 is 3.00 bits per heavy atom. The van der Waals surface area contributed by atoms with Crippen molar-refractivity contribution in [1.82, 2.24) is 5.16 Å². The maximum atomic E-state index is 11.9. The number of methoxy groups -OCH3 is 1. The fraction of sp³-hybridized carbons (Fsp3) is 0.143. The predicted molar refractivity (Wildman–Crippen MR) is 71.4 cm³/mol. The second kappa shape index (κ2) is 6.41. The molecule has 1 aromatic carbocycles. The van der Waals surface area contributed by atoms with Crippen molar-refractivity contribution in [2.24, 2.45) is 0 Å². The first-order valence-corrected chi connectivity index (χ1v) is 5.74. The van der Waals surface area contributed by atoms with E-state index < -0.39 is 5.91 Å². The molecule has 6 heteroatoms. The predicted octanol–water partition coefficient (Wildman–Crippen LogP) is 1.28. The maximum absolute atomic E-state index is 11.9. The zero-order chi connectivity index (χ0) is 14.4. The number of nitrogens with zero attached hydrogens (tertiary/aromatic N) is 1. The minimum Gasteiger partial charge on any atom is -0.495 e. The molecule has 20 heavy (non-hydrogen) atoms. The van der Waals surface area contributed by atoms with E-state index in [1.54, 1.807) is 18.2 Å². The molecule has 0 fully saturated rings. The average Bonchev–Trinajstić information content (AvgIpc) is 2.99. The van der Waals surface area contributed by atoms with E-state index in [-0.39, 0.29) is 12.3 Å². The van der Waals surface area contributed by atoms with Gasteiger partial charge in [-0.2, -0.15) is 0 Å². The third-order valence-electron chi connectivity index (χ3n) is 2.43. The molecule has 0 saturated carbocycles. The highest BCUT2D eigenvalue weighted by Gasteiger charge is 2.12. The number of amides is 1. The zero-order valence-electron chi connectivity index (χ0n) is 10.7. The molecule has 0 aliphatic heterocycles. The van der Waals surface area contributed by atoms with Gasteiger partial charge in [0.05, 0.1) is 12.8 Å². The lowest BCUT2D eigenvalue weighted by Gasteiger charge is -2.09. The lowest BCUT2D eigenvalue weighted by atomic mass is 10.2. The summed E-state index contributed by atoms with van der Waals surface area (Å²) in [5.74, 6) is 5.37. The summed E-state index contributed by atoms with van der Waals surface area (Å²) in [6, 6.07) is 6.52. The number of ether oxygens (including phenoxy) is 1. The summed E-state index contributed by atoms with van der Waals surface area (Å²) < 4.78 is 9.78. The van der Waals surface area contributed by atoms with Crippen molar-refractivity contribution in [3.63, 3.8) is 0 Å². The van der Waals surface area contributed by atoms with Crippen LogP contribution in [0.3, 0.4) is 0 Å². The quantitative estimate of drug-likeness (QED) is 0.822. The normalized spacial score (nSPS) is 9.50. The van der Waals surface area contributed by atoms with Crippen LogP contribution in [0, 0.1) is 11.8 Å². The summed E-state index contributed by atoms with van der Waals surface area (Å²) in [7, 11) is 1.50. The van der Waals surface area contributed by atoms with Crippen molar-refractivity contribution < 1.29 is 19.2 Å². The van der Waals surface area contributed by atoms with Crippen LogP contribution in [0.1, 0.15) is 16.1 Å². The number of aliphatic hydroxyl groups excluding tert-OH is 1. The Balaban J connectivity index is 2.26. The number of nitrogens with one attached hydrogen (secondary N) is 1. The summed E-state index contributed by atoms with van der Waals surface area (Å²) in [5, 5.41) is 14.9. The standard InChI is InChI=1S/C14H12N2O4/c1-19-13-5-4-10(3-2-7-17)9-12(13)15-14(18)11-6-8-20-16-11/h4-6,8-9,17H,7H2,1H3,(H,15,18). The molecule has 0 bridgehead atoms. The van der Waals surface area contributed by atoms with Crippen LogP contribution in [0.5, 0.6) is 5.75 Å². The summed E-state index contributed by atoms with van der Waals surface area (Å²) >= 11 is 0. The minimum absolute atomic E-state index is 0.166. The largest absolute Gasteiger partial charge is 0.495 e. The van der Waals surface area contributed by atoms with E-state index in [2.05, 4.69) is 26.8 Å². The molecule has 0 unspecified atom stereocenters. The summed E-state index contributed by atoms with van der Waals surface area (Å²) in [5.41, 5.74) is 1.28. The Hall–Kier alpha value is -2.78. The molecule has 0 aliphatic carbocycles. The van der Waals surface area contributed by atoms with Gasteiger partial charge in [-0.1, -0.05) is 17.0 Å². The molecule has 1 aromatic heterocycles. The summed E-state index contributed by atoms with van der Waals surface area (Å²) in [6.07, 6.45) is 1.31. The van der Waals surface area contributed by atoms with Gasteiger partial charge < -0.3 is 19.7 Å². The van der Waals surface area contributed by atoms with E-state index in [0.29, 0.717) is 17.0 Å². The van der Waals surface area contributed by atoms with Gasteiger partial charge in [0, 0.05) is 11.6 Å². The Morgan fingerprint density at radius 1 is 1.50 bits per heavy atom. The molecule has 1 heterocycles. The van der Waals surface area contributed by atoms with Gasteiger partial charge in [0.2, 0.25) is 0 Å². The number of carbonyl (C=O) groups is 1. The third-order valence-corrected chi connectivity index (χ3v) is 2.43. The first-order chi connectivity index (χ1) is 9.74. The molecule has 2 aromatic rings. The highest BCUT2D eigenvalue weighted by Crippen LogP contribution is 2.25. The molecule has 6 nitrogen and oxygen atoms in total. The van der Waals surface area contributed by atoms with E-state index in [0.717, 1.165) is 0 Å². The van der Waals surface area contributed by atoms with Gasteiger partial charge in [0.25, 0.3) is 5.91 Å². The summed E-state index contributed by atoms with van der Waals surface area (Å²) in [6.45, 7) is -0.230. The van der Waals surface area contributed by atoms with Crippen LogP contribution < -0.4 is 10.1 Å². The Kier molecular flexibility index (Phi) is 4.37. The lowest BCUT2D eigenvalue weighted by molar-refractivity contribution is 0.101. The first kappa shape index (κ1) is 13.6. The number of anilines is 1. The highest BCUT2D eigenvalue weighted by atomic mass is 16.5. The van der Waals surface area contributed by atoms with Gasteiger partial charge in [0.15, 0.2) is 5.69 Å². The van der Waals surface area contributed by atoms with Crippen molar-refractivity contribution in [3.8, 4) is 17.6 Å². The van der Waals surface area contributed by atoms with Crippen molar-refractivity contribution in [3.05, 3.63) is 41.8 Å². The van der Waals surface area contributed by atoms with Crippen LogP contribution in [0.4, 0.5) is 5.69 Å². The smallest absolute Gasteiger partial charge is 0.277 e. The number of aromatic nitrogens is 1. The minimum atomic E-state index is -0.413. The van der Waals surface area contributed by atoms with E-state index in [1.165, 1.54) is 19.4 Å². The second-order valence-corrected chi connectivity index (χ2v) is 3.71. The van der Waals surface area contributed by atoms with E-state index in [9.17, 15) is 4.79 Å². The zero-order valence-corrected chi connectivity index (χ0v) is 10.7. The van der Waals surface area contributed by atoms with Gasteiger partial charge in [-0.05, 0) is 18.2 Å². The van der Waals surface area contributed by atoms with E-state index in [1.807, 2.05) is 0 Å². The number of hydrogen-bond donors (Lipinski definition) is 2. The molecular formula is C14H12N2O4. The van der Waals surface area contributed by atoms with Crippen molar-refractivity contribution in [2.45, 2.75) is 0 Å². The molecule has 1 amide bonds. The Bertz CT molecular complexity index is 654. The average molecular weight is 272 g/mol. The Labute approximate surface area is 115 Å². The Morgan fingerprint density at radius 2 is 2.35 bits per heavy atom. The molecule has 2 rings (SSSR count). The van der Waals surface area contributed by atoms with Gasteiger partial charge in [0.1, 0.15) is 18.6 Å². The maximum Gasteiger partial charge on any atom is 0.277 e. The number of carbonyl (C=O) groups excluding carboxylic acids is 1. The van der Waals surface area contributed by atoms with Crippen molar-refractivity contribution in [1.29, 1.82) is 0 Å². The molecular weight excluding hydrogens is 260 g/mol. The van der Waals surface area contributed by atoms with Crippen LogP contribution in [-0.4, -0.2) is 29.9 Å². The van der Waals surface area contributed by atoms with Crippen molar-refractivity contribution in [2.75, 3.05) is 19.0 Å². The van der Waals surface area contributed by atoms with Gasteiger partial charge in [-0.15, -0.1) is 0 Å². The molecule has 0 saturated heterocycles. The molecule has 0 radical (unpaired) electrons. The highest BCUT2D eigenvalue weighted by molar-refractivity contribution is 6.03. The molecule has 2 N–H and O–H groups in total. The number of hydrogen-bond acceptors (Lipinski definition) is 5. The van der Waals surface area contributed by atoms with Crippen LogP contribution >= 0.6 is 0 Å². The monoisotopic (exact) mass is 272 g/mol. The van der Waals surface area contributed by atoms with Crippen LogP contribution in [-0.2, 0) is 0 Å².